The first-order valence-electron chi connectivity index (χ1n) is 7.20. The van der Waals surface area contributed by atoms with E-state index in [1.54, 1.807) is 7.11 Å². The minimum atomic E-state index is 0.705. The van der Waals surface area contributed by atoms with E-state index in [-0.39, 0.29) is 0 Å². The highest BCUT2D eigenvalue weighted by atomic mass is 16.5. The number of unbranched alkanes of at least 4 members (excludes halogenated alkanes) is 1. The molecule has 0 heterocycles. The third kappa shape index (κ3) is 7.73. The molecule has 0 amide bonds. The Labute approximate surface area is 117 Å². The monoisotopic (exact) mass is 265 g/mol. The summed E-state index contributed by atoms with van der Waals surface area (Å²) in [6, 6.07) is 7.69. The fraction of sp³-hybridized carbons (Fsp3) is 0.625. The van der Waals surface area contributed by atoms with Gasteiger partial charge in [0.05, 0.1) is 7.11 Å². The Bertz CT molecular complexity index is 322. The van der Waals surface area contributed by atoms with Gasteiger partial charge in [-0.25, -0.2) is 0 Å². The maximum atomic E-state index is 5.63. The van der Waals surface area contributed by atoms with E-state index in [4.69, 9.17) is 9.47 Å². The molecule has 1 N–H and O–H groups in total. The van der Waals surface area contributed by atoms with E-state index in [9.17, 15) is 0 Å². The molecule has 3 heteroatoms. The molecular formula is C16H27NO2. The summed E-state index contributed by atoms with van der Waals surface area (Å²) in [6.07, 6.45) is 3.88. The predicted molar refractivity (Wildman–Crippen MR) is 80.0 cm³/mol. The molecule has 0 aliphatic carbocycles. The molecule has 19 heavy (non-hydrogen) atoms. The Hall–Kier alpha value is -1.22. The van der Waals surface area contributed by atoms with Crippen molar-refractivity contribution in [2.24, 2.45) is 5.92 Å². The van der Waals surface area contributed by atoms with Gasteiger partial charge in [0, 0.05) is 6.54 Å². The summed E-state index contributed by atoms with van der Waals surface area (Å²) < 4.78 is 10.7. The van der Waals surface area contributed by atoms with Crippen LogP contribution < -0.4 is 14.8 Å². The number of benzene rings is 1. The number of hydrogen-bond acceptors (Lipinski definition) is 3. The Balaban J connectivity index is 1.98. The van der Waals surface area contributed by atoms with Crippen LogP contribution in [-0.4, -0.2) is 26.8 Å². The summed E-state index contributed by atoms with van der Waals surface area (Å²) in [5.41, 5.74) is 0. The second-order valence-electron chi connectivity index (χ2n) is 5.16. The molecule has 0 fully saturated rings. The average Bonchev–Trinajstić information content (AvgIpc) is 2.42. The van der Waals surface area contributed by atoms with Gasteiger partial charge in [-0.15, -0.1) is 0 Å². The van der Waals surface area contributed by atoms with Crippen LogP contribution in [0.4, 0.5) is 0 Å². The maximum absolute atomic E-state index is 5.63. The summed E-state index contributed by atoms with van der Waals surface area (Å²) in [5.74, 6) is 2.57. The lowest BCUT2D eigenvalue weighted by atomic mass is 10.1. The molecular weight excluding hydrogens is 238 g/mol. The number of nitrogens with one attached hydrogen (secondary N) is 1. The van der Waals surface area contributed by atoms with Gasteiger partial charge < -0.3 is 14.8 Å². The van der Waals surface area contributed by atoms with Crippen molar-refractivity contribution in [3.8, 4) is 11.5 Å². The highest BCUT2D eigenvalue weighted by Gasteiger charge is 1.96. The van der Waals surface area contributed by atoms with Crippen LogP contribution in [0.5, 0.6) is 11.5 Å². The zero-order chi connectivity index (χ0) is 13.9. The zero-order valence-corrected chi connectivity index (χ0v) is 12.4. The highest BCUT2D eigenvalue weighted by Crippen LogP contribution is 2.16. The van der Waals surface area contributed by atoms with Crippen molar-refractivity contribution in [2.75, 3.05) is 26.8 Å². The molecule has 0 atom stereocenters. The van der Waals surface area contributed by atoms with Gasteiger partial charge in [-0.05, 0) is 43.1 Å². The van der Waals surface area contributed by atoms with E-state index in [1.807, 2.05) is 24.3 Å². The Morgan fingerprint density at radius 3 is 2.32 bits per heavy atom. The fourth-order valence-electron chi connectivity index (χ4n) is 1.84. The van der Waals surface area contributed by atoms with Gasteiger partial charge in [0.15, 0.2) is 0 Å². The topological polar surface area (TPSA) is 30.5 Å². The Morgan fingerprint density at radius 1 is 1.00 bits per heavy atom. The van der Waals surface area contributed by atoms with Crippen LogP contribution >= 0.6 is 0 Å². The van der Waals surface area contributed by atoms with Crippen LogP contribution in [0, 0.1) is 5.92 Å². The van der Waals surface area contributed by atoms with Crippen molar-refractivity contribution in [3.63, 3.8) is 0 Å². The first-order valence-corrected chi connectivity index (χ1v) is 7.20. The van der Waals surface area contributed by atoms with E-state index >= 15 is 0 Å². The summed E-state index contributed by atoms with van der Waals surface area (Å²) in [7, 11) is 1.67. The lowest BCUT2D eigenvalue weighted by Gasteiger charge is -2.08. The van der Waals surface area contributed by atoms with Gasteiger partial charge in [-0.3, -0.25) is 0 Å². The SMILES string of the molecule is COc1ccc(OCCNCCCCC(C)C)cc1. The minimum Gasteiger partial charge on any atom is -0.497 e. The highest BCUT2D eigenvalue weighted by molar-refractivity contribution is 5.31. The van der Waals surface area contributed by atoms with Gasteiger partial charge in [0.1, 0.15) is 18.1 Å². The third-order valence-corrected chi connectivity index (χ3v) is 2.99. The summed E-state index contributed by atoms with van der Waals surface area (Å²) in [4.78, 5) is 0. The van der Waals surface area contributed by atoms with Crippen LogP contribution in [0.15, 0.2) is 24.3 Å². The first kappa shape index (κ1) is 15.8. The first-order chi connectivity index (χ1) is 9.22. The van der Waals surface area contributed by atoms with Crippen molar-refractivity contribution >= 4 is 0 Å². The zero-order valence-electron chi connectivity index (χ0n) is 12.4. The molecule has 1 aromatic rings. The normalized spacial score (nSPS) is 10.7. The lowest BCUT2D eigenvalue weighted by Crippen LogP contribution is -2.22. The third-order valence-electron chi connectivity index (χ3n) is 2.99. The van der Waals surface area contributed by atoms with Crippen LogP contribution in [0.25, 0.3) is 0 Å². The van der Waals surface area contributed by atoms with E-state index in [1.165, 1.54) is 19.3 Å². The molecule has 108 valence electrons. The van der Waals surface area contributed by atoms with Crippen molar-refractivity contribution in [1.82, 2.24) is 5.32 Å². The molecule has 1 aromatic carbocycles. The van der Waals surface area contributed by atoms with E-state index in [0.717, 1.165) is 30.5 Å². The largest absolute Gasteiger partial charge is 0.497 e. The Morgan fingerprint density at radius 2 is 1.68 bits per heavy atom. The molecule has 0 aromatic heterocycles. The smallest absolute Gasteiger partial charge is 0.119 e. The molecule has 0 aliphatic rings. The molecule has 0 bridgehead atoms. The van der Waals surface area contributed by atoms with Crippen LogP contribution in [-0.2, 0) is 0 Å². The molecule has 0 radical (unpaired) electrons. The fourth-order valence-corrected chi connectivity index (χ4v) is 1.84. The quantitative estimate of drug-likeness (QED) is 0.657. The molecule has 0 unspecified atom stereocenters. The Kier molecular flexibility index (Phi) is 8.07. The minimum absolute atomic E-state index is 0.705. The summed E-state index contributed by atoms with van der Waals surface area (Å²) in [5, 5.41) is 3.40. The van der Waals surface area contributed by atoms with Gasteiger partial charge in [0.2, 0.25) is 0 Å². The maximum Gasteiger partial charge on any atom is 0.119 e. The molecule has 0 saturated heterocycles. The molecule has 0 saturated carbocycles. The second-order valence-corrected chi connectivity index (χ2v) is 5.16. The summed E-state index contributed by atoms with van der Waals surface area (Å²) >= 11 is 0. The number of rotatable bonds is 10. The van der Waals surface area contributed by atoms with Gasteiger partial charge in [0.25, 0.3) is 0 Å². The van der Waals surface area contributed by atoms with Crippen molar-refractivity contribution in [3.05, 3.63) is 24.3 Å². The van der Waals surface area contributed by atoms with Gasteiger partial charge in [-0.1, -0.05) is 26.7 Å². The van der Waals surface area contributed by atoms with Crippen molar-refractivity contribution < 1.29 is 9.47 Å². The van der Waals surface area contributed by atoms with Gasteiger partial charge >= 0.3 is 0 Å². The summed E-state index contributed by atoms with van der Waals surface area (Å²) in [6.45, 7) is 7.23. The van der Waals surface area contributed by atoms with Gasteiger partial charge in [-0.2, -0.15) is 0 Å². The average molecular weight is 265 g/mol. The van der Waals surface area contributed by atoms with E-state index < -0.39 is 0 Å². The van der Waals surface area contributed by atoms with E-state index in [0.29, 0.717) is 6.61 Å². The standard InChI is InChI=1S/C16H27NO2/c1-14(2)6-4-5-11-17-12-13-19-16-9-7-15(18-3)8-10-16/h7-10,14,17H,4-6,11-13H2,1-3H3. The second kappa shape index (κ2) is 9.68. The number of ether oxygens (including phenoxy) is 2. The molecule has 0 aliphatic heterocycles. The number of hydrogen-bond donors (Lipinski definition) is 1. The van der Waals surface area contributed by atoms with Crippen LogP contribution in [0.2, 0.25) is 0 Å². The van der Waals surface area contributed by atoms with E-state index in [2.05, 4.69) is 19.2 Å². The van der Waals surface area contributed by atoms with Crippen LogP contribution in [0.3, 0.4) is 0 Å². The van der Waals surface area contributed by atoms with Crippen LogP contribution in [0.1, 0.15) is 33.1 Å². The molecule has 3 nitrogen and oxygen atoms in total. The molecule has 1 rings (SSSR count). The number of methoxy groups -OCH3 is 1. The predicted octanol–water partition coefficient (Wildman–Crippen LogP) is 3.49. The molecule has 0 spiro atoms. The van der Waals surface area contributed by atoms with Crippen molar-refractivity contribution in [1.29, 1.82) is 0 Å². The van der Waals surface area contributed by atoms with Crippen molar-refractivity contribution in [2.45, 2.75) is 33.1 Å². The lowest BCUT2D eigenvalue weighted by molar-refractivity contribution is 0.312.